The third kappa shape index (κ3) is 2.72. The van der Waals surface area contributed by atoms with E-state index in [1.807, 2.05) is 13.1 Å². The van der Waals surface area contributed by atoms with Gasteiger partial charge < -0.3 is 21.1 Å². The summed E-state index contributed by atoms with van der Waals surface area (Å²) in [6.07, 6.45) is 2.30. The molecule has 4 N–H and O–H groups in total. The average Bonchev–Trinajstić information content (AvgIpc) is 2.26. The summed E-state index contributed by atoms with van der Waals surface area (Å²) in [6.45, 7) is 3.15. The Morgan fingerprint density at radius 3 is 2.50 bits per heavy atom. The van der Waals surface area contributed by atoms with E-state index in [1.165, 1.54) is 0 Å². The van der Waals surface area contributed by atoms with Gasteiger partial charge >= 0.3 is 0 Å². The number of methoxy groups -OCH3 is 1. The van der Waals surface area contributed by atoms with Gasteiger partial charge in [0.05, 0.1) is 24.2 Å². The highest BCUT2D eigenvalue weighted by Gasteiger charge is 2.09. The predicted molar refractivity (Wildman–Crippen MR) is 70.0 cm³/mol. The van der Waals surface area contributed by atoms with Gasteiger partial charge in [0.15, 0.2) is 0 Å². The zero-order valence-corrected chi connectivity index (χ0v) is 10.3. The summed E-state index contributed by atoms with van der Waals surface area (Å²) in [6, 6.07) is 3.64. The van der Waals surface area contributed by atoms with Crippen LogP contribution >= 0.6 is 0 Å². The molecule has 0 aliphatic carbocycles. The van der Waals surface area contributed by atoms with Crippen molar-refractivity contribution in [1.82, 2.24) is 0 Å². The first-order valence-electron chi connectivity index (χ1n) is 5.54. The van der Waals surface area contributed by atoms with Crippen molar-refractivity contribution in [2.24, 2.45) is 0 Å². The number of ether oxygens (including phenoxy) is 1. The van der Waals surface area contributed by atoms with Crippen molar-refractivity contribution in [3.05, 3.63) is 12.1 Å². The second-order valence-corrected chi connectivity index (χ2v) is 3.93. The van der Waals surface area contributed by atoms with Crippen LogP contribution in [-0.4, -0.2) is 20.7 Å². The highest BCUT2D eigenvalue weighted by Crippen LogP contribution is 2.32. The maximum Gasteiger partial charge on any atom is 0.143 e. The lowest BCUT2D eigenvalue weighted by Crippen LogP contribution is -2.19. The first kappa shape index (κ1) is 12.5. The number of benzene rings is 1. The topological polar surface area (TPSA) is 64.5 Å². The lowest BCUT2D eigenvalue weighted by molar-refractivity contribution is 0.417. The van der Waals surface area contributed by atoms with Crippen LogP contribution in [0.1, 0.15) is 19.8 Å². The first-order valence-corrected chi connectivity index (χ1v) is 5.54. The Kier molecular flexibility index (Phi) is 4.28. The molecule has 0 unspecified atom stereocenters. The Bertz CT molecular complexity index is 352. The molecule has 0 atom stereocenters. The predicted octanol–water partition coefficient (Wildman–Crippen LogP) is 2.10. The molecule has 0 fully saturated rings. The van der Waals surface area contributed by atoms with E-state index in [4.69, 9.17) is 16.2 Å². The molecular weight excluding hydrogens is 202 g/mol. The van der Waals surface area contributed by atoms with Crippen LogP contribution in [0.25, 0.3) is 0 Å². The van der Waals surface area contributed by atoms with Gasteiger partial charge in [0.1, 0.15) is 5.75 Å². The molecule has 1 aromatic carbocycles. The molecule has 0 bridgehead atoms. The van der Waals surface area contributed by atoms with Crippen LogP contribution in [0, 0.1) is 0 Å². The van der Waals surface area contributed by atoms with Crippen molar-refractivity contribution in [2.75, 3.05) is 37.1 Å². The molecule has 0 amide bonds. The summed E-state index contributed by atoms with van der Waals surface area (Å²) in [7, 11) is 3.63. The van der Waals surface area contributed by atoms with Gasteiger partial charge in [0.25, 0.3) is 0 Å². The maximum absolute atomic E-state index is 5.94. The number of hydrogen-bond donors (Lipinski definition) is 2. The van der Waals surface area contributed by atoms with Gasteiger partial charge in [-0.05, 0) is 12.5 Å². The molecule has 0 saturated carbocycles. The van der Waals surface area contributed by atoms with Crippen molar-refractivity contribution >= 4 is 17.1 Å². The van der Waals surface area contributed by atoms with E-state index in [9.17, 15) is 0 Å². The van der Waals surface area contributed by atoms with Gasteiger partial charge in [0.2, 0.25) is 0 Å². The Hall–Kier alpha value is -1.58. The van der Waals surface area contributed by atoms with E-state index in [1.54, 1.807) is 13.2 Å². The van der Waals surface area contributed by atoms with Crippen LogP contribution in [0.3, 0.4) is 0 Å². The van der Waals surface area contributed by atoms with E-state index >= 15 is 0 Å². The second-order valence-electron chi connectivity index (χ2n) is 3.93. The van der Waals surface area contributed by atoms with Crippen LogP contribution in [0.5, 0.6) is 5.75 Å². The molecule has 0 aliphatic heterocycles. The van der Waals surface area contributed by atoms with Crippen LogP contribution in [0.2, 0.25) is 0 Å². The molecule has 1 rings (SSSR count). The van der Waals surface area contributed by atoms with Crippen molar-refractivity contribution in [3.8, 4) is 5.75 Å². The average molecular weight is 223 g/mol. The number of anilines is 3. The molecule has 0 aromatic heterocycles. The van der Waals surface area contributed by atoms with Crippen molar-refractivity contribution in [2.45, 2.75) is 19.8 Å². The molecule has 4 heteroatoms. The van der Waals surface area contributed by atoms with Gasteiger partial charge in [-0.3, -0.25) is 0 Å². The fourth-order valence-electron chi connectivity index (χ4n) is 1.63. The molecule has 0 radical (unpaired) electrons. The number of nitrogens with two attached hydrogens (primary N) is 2. The summed E-state index contributed by atoms with van der Waals surface area (Å²) >= 11 is 0. The minimum Gasteiger partial charge on any atom is -0.495 e. The summed E-state index contributed by atoms with van der Waals surface area (Å²) in [5.74, 6) is 0.674. The SMILES string of the molecule is CCCCN(C)c1cc(OC)c(N)cc1N. The lowest BCUT2D eigenvalue weighted by Gasteiger charge is -2.22. The number of hydrogen-bond acceptors (Lipinski definition) is 4. The largest absolute Gasteiger partial charge is 0.495 e. The van der Waals surface area contributed by atoms with Gasteiger partial charge in [0, 0.05) is 19.7 Å². The van der Waals surface area contributed by atoms with E-state index in [0.29, 0.717) is 17.1 Å². The number of nitrogen functional groups attached to an aromatic ring is 2. The minimum absolute atomic E-state index is 0.577. The molecule has 0 heterocycles. The quantitative estimate of drug-likeness (QED) is 0.750. The molecule has 16 heavy (non-hydrogen) atoms. The lowest BCUT2D eigenvalue weighted by atomic mass is 10.2. The zero-order chi connectivity index (χ0) is 12.1. The fraction of sp³-hybridized carbons (Fsp3) is 0.500. The van der Waals surface area contributed by atoms with E-state index in [-0.39, 0.29) is 0 Å². The van der Waals surface area contributed by atoms with Crippen molar-refractivity contribution < 1.29 is 4.74 Å². The number of unbranched alkanes of at least 4 members (excludes halogenated alkanes) is 1. The van der Waals surface area contributed by atoms with E-state index in [2.05, 4.69) is 11.8 Å². The van der Waals surface area contributed by atoms with E-state index in [0.717, 1.165) is 25.1 Å². The third-order valence-corrected chi connectivity index (χ3v) is 2.64. The minimum atomic E-state index is 0.577. The third-order valence-electron chi connectivity index (χ3n) is 2.64. The Morgan fingerprint density at radius 2 is 1.94 bits per heavy atom. The molecular formula is C12H21N3O. The van der Waals surface area contributed by atoms with Crippen LogP contribution in [-0.2, 0) is 0 Å². The standard InChI is InChI=1S/C12H21N3O/c1-4-5-6-15(2)11-8-12(16-3)10(14)7-9(11)13/h7-8H,4-6,13-14H2,1-3H3. The normalized spacial score (nSPS) is 10.2. The molecule has 90 valence electrons. The van der Waals surface area contributed by atoms with Crippen molar-refractivity contribution in [3.63, 3.8) is 0 Å². The van der Waals surface area contributed by atoms with Gasteiger partial charge in [-0.25, -0.2) is 0 Å². The smallest absolute Gasteiger partial charge is 0.143 e. The highest BCUT2D eigenvalue weighted by atomic mass is 16.5. The molecule has 1 aromatic rings. The van der Waals surface area contributed by atoms with Gasteiger partial charge in [-0.2, -0.15) is 0 Å². The number of nitrogens with zero attached hydrogens (tertiary/aromatic N) is 1. The second kappa shape index (κ2) is 5.49. The summed E-state index contributed by atoms with van der Waals surface area (Å²) in [4.78, 5) is 2.13. The number of rotatable bonds is 5. The van der Waals surface area contributed by atoms with Gasteiger partial charge in [-0.15, -0.1) is 0 Å². The Balaban J connectivity index is 2.94. The molecule has 0 spiro atoms. The van der Waals surface area contributed by atoms with Crippen LogP contribution in [0.4, 0.5) is 17.1 Å². The Morgan fingerprint density at radius 1 is 1.25 bits per heavy atom. The summed E-state index contributed by atoms with van der Waals surface area (Å²) in [5, 5.41) is 0. The van der Waals surface area contributed by atoms with Crippen molar-refractivity contribution in [1.29, 1.82) is 0 Å². The van der Waals surface area contributed by atoms with Gasteiger partial charge in [-0.1, -0.05) is 13.3 Å². The highest BCUT2D eigenvalue weighted by molar-refractivity contribution is 5.76. The zero-order valence-electron chi connectivity index (χ0n) is 10.3. The monoisotopic (exact) mass is 223 g/mol. The molecule has 4 nitrogen and oxygen atoms in total. The molecule has 0 aliphatic rings. The maximum atomic E-state index is 5.94. The summed E-state index contributed by atoms with van der Waals surface area (Å²) < 4.78 is 5.19. The van der Waals surface area contributed by atoms with E-state index < -0.39 is 0 Å². The first-order chi connectivity index (χ1) is 7.60. The van der Waals surface area contributed by atoms with Crippen LogP contribution < -0.4 is 21.1 Å². The van der Waals surface area contributed by atoms with Crippen LogP contribution in [0.15, 0.2) is 12.1 Å². The Labute approximate surface area is 97.2 Å². The summed E-state index contributed by atoms with van der Waals surface area (Å²) in [5.41, 5.74) is 14.0. The fourth-order valence-corrected chi connectivity index (χ4v) is 1.63. The molecule has 0 saturated heterocycles.